The van der Waals surface area contributed by atoms with Gasteiger partial charge in [-0.05, 0) is 38.5 Å². The molecule has 2 fully saturated rings. The molecule has 0 aromatic rings. The lowest BCUT2D eigenvalue weighted by Gasteiger charge is -2.28. The van der Waals surface area contributed by atoms with Crippen LogP contribution in [-0.4, -0.2) is 30.1 Å². The largest absolute Gasteiger partial charge is 0.334 e. The van der Waals surface area contributed by atoms with Crippen LogP contribution in [0.5, 0.6) is 0 Å². The van der Waals surface area contributed by atoms with E-state index in [4.69, 9.17) is 5.26 Å². The molecule has 0 bridgehead atoms. The zero-order valence-corrected chi connectivity index (χ0v) is 9.61. The third kappa shape index (κ3) is 2.46. The number of likely N-dealkylation sites (tertiary alicyclic amines) is 1. The van der Waals surface area contributed by atoms with Crippen LogP contribution in [-0.2, 0) is 0 Å². The maximum absolute atomic E-state index is 11.9. The normalized spacial score (nSPS) is 29.8. The number of nitriles is 1. The Kier molecular flexibility index (Phi) is 3.66. The average Bonchev–Trinajstić information content (AvgIpc) is 2.77. The smallest absolute Gasteiger partial charge is 0.317 e. The Hall–Kier alpha value is -1.24. The predicted molar refractivity (Wildman–Crippen MR) is 60.7 cm³/mol. The molecule has 1 heterocycles. The van der Waals surface area contributed by atoms with Crippen LogP contribution in [0.1, 0.15) is 38.5 Å². The van der Waals surface area contributed by atoms with Gasteiger partial charge in [-0.2, -0.15) is 5.26 Å². The number of carbonyl (C=O) groups excluding carboxylic acids is 1. The predicted octanol–water partition coefficient (Wildman–Crippen LogP) is 1.87. The maximum atomic E-state index is 11.9. The van der Waals surface area contributed by atoms with Crippen molar-refractivity contribution in [2.45, 2.75) is 44.6 Å². The molecule has 1 saturated heterocycles. The Labute approximate surface area is 96.6 Å². The molecule has 1 aliphatic heterocycles. The summed E-state index contributed by atoms with van der Waals surface area (Å²) in [5.74, 6) is 0.0220. The summed E-state index contributed by atoms with van der Waals surface area (Å²) in [5, 5.41) is 12.0. The number of hydrogen-bond acceptors (Lipinski definition) is 2. The van der Waals surface area contributed by atoms with Gasteiger partial charge in [0, 0.05) is 19.1 Å². The molecule has 16 heavy (non-hydrogen) atoms. The van der Waals surface area contributed by atoms with Gasteiger partial charge in [0.05, 0.1) is 12.0 Å². The topological polar surface area (TPSA) is 56.1 Å². The second-order valence-electron chi connectivity index (χ2n) is 4.77. The molecular weight excluding hydrogens is 202 g/mol. The first-order valence-electron chi connectivity index (χ1n) is 6.26. The third-order valence-corrected chi connectivity index (χ3v) is 3.63. The van der Waals surface area contributed by atoms with Gasteiger partial charge in [-0.1, -0.05) is 0 Å². The first-order valence-corrected chi connectivity index (χ1v) is 6.26. The van der Waals surface area contributed by atoms with Gasteiger partial charge in [0.1, 0.15) is 0 Å². The minimum absolute atomic E-state index is 0.0220. The first-order chi connectivity index (χ1) is 7.81. The van der Waals surface area contributed by atoms with Crippen molar-refractivity contribution in [2.24, 2.45) is 5.92 Å². The van der Waals surface area contributed by atoms with Crippen LogP contribution in [0.4, 0.5) is 4.79 Å². The third-order valence-electron chi connectivity index (χ3n) is 3.63. The fourth-order valence-electron chi connectivity index (χ4n) is 2.63. The standard InChI is InChI=1S/C12H19N3O/c13-9-10-5-4-6-11(10)14-12(16)15-7-2-1-3-8-15/h10-11H,1-8H2,(H,14,16). The molecule has 2 atom stereocenters. The van der Waals surface area contributed by atoms with Gasteiger partial charge in [0.25, 0.3) is 0 Å². The van der Waals surface area contributed by atoms with Crippen molar-refractivity contribution in [1.29, 1.82) is 5.26 Å². The van der Waals surface area contributed by atoms with Crippen LogP contribution >= 0.6 is 0 Å². The highest BCUT2D eigenvalue weighted by Gasteiger charge is 2.29. The SMILES string of the molecule is N#CC1CCCC1NC(=O)N1CCCCC1. The fourth-order valence-corrected chi connectivity index (χ4v) is 2.63. The molecule has 4 nitrogen and oxygen atoms in total. The molecule has 0 spiro atoms. The minimum atomic E-state index is 0.0220. The van der Waals surface area contributed by atoms with E-state index in [9.17, 15) is 4.79 Å². The fraction of sp³-hybridized carbons (Fsp3) is 0.833. The van der Waals surface area contributed by atoms with Crippen molar-refractivity contribution >= 4 is 6.03 Å². The number of carbonyl (C=O) groups is 1. The number of urea groups is 1. The van der Waals surface area contributed by atoms with Gasteiger partial charge in [0.2, 0.25) is 0 Å². The summed E-state index contributed by atoms with van der Waals surface area (Å²) in [6.07, 6.45) is 6.40. The summed E-state index contributed by atoms with van der Waals surface area (Å²) >= 11 is 0. The summed E-state index contributed by atoms with van der Waals surface area (Å²) in [5.41, 5.74) is 0. The van der Waals surface area contributed by atoms with Gasteiger partial charge in [-0.3, -0.25) is 0 Å². The molecule has 1 aliphatic carbocycles. The molecule has 4 heteroatoms. The molecule has 1 saturated carbocycles. The quantitative estimate of drug-likeness (QED) is 0.735. The molecule has 1 N–H and O–H groups in total. The molecule has 88 valence electrons. The Morgan fingerprint density at radius 3 is 2.62 bits per heavy atom. The highest BCUT2D eigenvalue weighted by Crippen LogP contribution is 2.25. The van der Waals surface area contributed by atoms with Crippen molar-refractivity contribution < 1.29 is 4.79 Å². The van der Waals surface area contributed by atoms with Crippen molar-refractivity contribution in [1.82, 2.24) is 10.2 Å². The lowest BCUT2D eigenvalue weighted by molar-refractivity contribution is 0.181. The molecule has 0 radical (unpaired) electrons. The highest BCUT2D eigenvalue weighted by atomic mass is 16.2. The van der Waals surface area contributed by atoms with E-state index in [1.165, 1.54) is 6.42 Å². The second-order valence-corrected chi connectivity index (χ2v) is 4.77. The van der Waals surface area contributed by atoms with Gasteiger partial charge in [0.15, 0.2) is 0 Å². The van der Waals surface area contributed by atoms with Gasteiger partial charge >= 0.3 is 6.03 Å². The van der Waals surface area contributed by atoms with Crippen LogP contribution in [0, 0.1) is 17.2 Å². The molecular formula is C12H19N3O. The van der Waals surface area contributed by atoms with E-state index in [0.717, 1.165) is 45.2 Å². The Bertz CT molecular complexity index is 291. The van der Waals surface area contributed by atoms with E-state index in [1.54, 1.807) is 0 Å². The Morgan fingerprint density at radius 1 is 1.19 bits per heavy atom. The van der Waals surface area contributed by atoms with Crippen LogP contribution in [0.3, 0.4) is 0 Å². The van der Waals surface area contributed by atoms with Crippen molar-refractivity contribution in [3.8, 4) is 6.07 Å². The van der Waals surface area contributed by atoms with Crippen LogP contribution < -0.4 is 5.32 Å². The Morgan fingerprint density at radius 2 is 1.94 bits per heavy atom. The van der Waals surface area contributed by atoms with Crippen LogP contribution in [0.15, 0.2) is 0 Å². The molecule has 2 amide bonds. The van der Waals surface area contributed by atoms with Gasteiger partial charge in [-0.15, -0.1) is 0 Å². The zero-order chi connectivity index (χ0) is 11.4. The van der Waals surface area contributed by atoms with Crippen LogP contribution in [0.25, 0.3) is 0 Å². The first kappa shape index (κ1) is 11.3. The monoisotopic (exact) mass is 221 g/mol. The summed E-state index contributed by atoms with van der Waals surface area (Å²) in [7, 11) is 0. The molecule has 0 aromatic carbocycles. The van der Waals surface area contributed by atoms with Crippen molar-refractivity contribution in [2.75, 3.05) is 13.1 Å². The van der Waals surface area contributed by atoms with E-state index in [2.05, 4.69) is 11.4 Å². The molecule has 2 aliphatic rings. The summed E-state index contributed by atoms with van der Waals surface area (Å²) in [4.78, 5) is 13.8. The number of nitrogens with zero attached hydrogens (tertiary/aromatic N) is 2. The van der Waals surface area contributed by atoms with Crippen molar-refractivity contribution in [3.63, 3.8) is 0 Å². The number of rotatable bonds is 1. The van der Waals surface area contributed by atoms with E-state index >= 15 is 0 Å². The number of hydrogen-bond donors (Lipinski definition) is 1. The molecule has 2 rings (SSSR count). The average molecular weight is 221 g/mol. The van der Waals surface area contributed by atoms with Gasteiger partial charge in [-0.25, -0.2) is 4.79 Å². The molecule has 0 aromatic heterocycles. The van der Waals surface area contributed by atoms with E-state index in [1.807, 2.05) is 4.90 Å². The minimum Gasteiger partial charge on any atom is -0.334 e. The summed E-state index contributed by atoms with van der Waals surface area (Å²) in [6, 6.07) is 2.41. The number of amides is 2. The van der Waals surface area contributed by atoms with E-state index < -0.39 is 0 Å². The lowest BCUT2D eigenvalue weighted by atomic mass is 10.1. The summed E-state index contributed by atoms with van der Waals surface area (Å²) in [6.45, 7) is 1.74. The van der Waals surface area contributed by atoms with Crippen LogP contribution in [0.2, 0.25) is 0 Å². The highest BCUT2D eigenvalue weighted by molar-refractivity contribution is 5.74. The second kappa shape index (κ2) is 5.20. The van der Waals surface area contributed by atoms with Crippen molar-refractivity contribution in [3.05, 3.63) is 0 Å². The summed E-state index contributed by atoms with van der Waals surface area (Å²) < 4.78 is 0. The van der Waals surface area contributed by atoms with E-state index in [-0.39, 0.29) is 18.0 Å². The van der Waals surface area contributed by atoms with Gasteiger partial charge < -0.3 is 10.2 Å². The zero-order valence-electron chi connectivity index (χ0n) is 9.61. The lowest BCUT2D eigenvalue weighted by Crippen LogP contribution is -2.47. The maximum Gasteiger partial charge on any atom is 0.317 e. The Balaban J connectivity index is 1.84. The van der Waals surface area contributed by atoms with E-state index in [0.29, 0.717) is 0 Å². The number of piperidine rings is 1. The molecule has 2 unspecified atom stereocenters. The number of nitrogens with one attached hydrogen (secondary N) is 1.